The van der Waals surface area contributed by atoms with Gasteiger partial charge in [0.2, 0.25) is 0 Å². The van der Waals surface area contributed by atoms with Crippen LogP contribution in [-0.2, 0) is 0 Å². The summed E-state index contributed by atoms with van der Waals surface area (Å²) >= 11 is 12.8. The number of rotatable bonds is 3. The van der Waals surface area contributed by atoms with E-state index in [-0.39, 0.29) is 11.5 Å². The van der Waals surface area contributed by atoms with Gasteiger partial charge < -0.3 is 10.4 Å². The Bertz CT molecular complexity index is 697. The molecule has 0 saturated carbocycles. The van der Waals surface area contributed by atoms with E-state index in [1.54, 1.807) is 13.0 Å². The van der Waals surface area contributed by atoms with Crippen LogP contribution in [0.5, 0.6) is 0 Å². The van der Waals surface area contributed by atoms with Crippen molar-refractivity contribution in [3.8, 4) is 0 Å². The van der Waals surface area contributed by atoms with Crippen LogP contribution >= 0.6 is 34.5 Å². The first kappa shape index (κ1) is 14.8. The number of hydrogen-bond donors (Lipinski definition) is 2. The molecule has 2 rings (SSSR count). The number of anilines is 1. The van der Waals surface area contributed by atoms with E-state index in [2.05, 4.69) is 5.32 Å². The van der Waals surface area contributed by atoms with Crippen molar-refractivity contribution >= 4 is 52.1 Å². The Hall–Kier alpha value is -1.56. The number of nitrogens with one attached hydrogen (secondary N) is 1. The minimum Gasteiger partial charge on any atom is -0.478 e. The molecule has 0 aliphatic carbocycles. The fourth-order valence-electron chi connectivity index (χ4n) is 1.67. The van der Waals surface area contributed by atoms with Gasteiger partial charge in [-0.1, -0.05) is 23.2 Å². The van der Waals surface area contributed by atoms with Gasteiger partial charge in [-0.15, -0.1) is 11.3 Å². The highest BCUT2D eigenvalue weighted by molar-refractivity contribution is 7.20. The Morgan fingerprint density at radius 1 is 1.20 bits per heavy atom. The second-order valence-electron chi connectivity index (χ2n) is 4.03. The van der Waals surface area contributed by atoms with Crippen molar-refractivity contribution in [2.75, 3.05) is 5.32 Å². The number of carboxylic acid groups (broad SMARTS) is 1. The van der Waals surface area contributed by atoms with Crippen molar-refractivity contribution in [3.63, 3.8) is 0 Å². The first-order chi connectivity index (χ1) is 9.38. The molecule has 1 heterocycles. The summed E-state index contributed by atoms with van der Waals surface area (Å²) < 4.78 is 0.740. The van der Waals surface area contributed by atoms with Crippen LogP contribution in [0.25, 0.3) is 0 Å². The number of carboxylic acids is 1. The molecule has 0 radical (unpaired) electrons. The van der Waals surface area contributed by atoms with Gasteiger partial charge in [-0.2, -0.15) is 0 Å². The third kappa shape index (κ3) is 3.12. The van der Waals surface area contributed by atoms with Crippen molar-refractivity contribution in [2.45, 2.75) is 6.92 Å². The standard InChI is InChI=1S/C13H9Cl2NO3S/c1-6-4-7(2-3-8(6)13(18)19)16-12(17)9-5-10(14)20-11(9)15/h2-5H,1H3,(H,16,17)(H,18,19). The molecule has 1 aromatic heterocycles. The van der Waals surface area contributed by atoms with E-state index in [1.807, 2.05) is 0 Å². The molecule has 0 aliphatic heterocycles. The SMILES string of the molecule is Cc1cc(NC(=O)c2cc(Cl)sc2Cl)ccc1C(=O)O. The number of carbonyl (C=O) groups is 2. The molecule has 1 aromatic carbocycles. The zero-order valence-electron chi connectivity index (χ0n) is 10.2. The number of hydrogen-bond acceptors (Lipinski definition) is 3. The number of aromatic carboxylic acids is 1. The molecular weight excluding hydrogens is 321 g/mol. The van der Waals surface area contributed by atoms with Crippen LogP contribution in [0, 0.1) is 6.92 Å². The smallest absolute Gasteiger partial charge is 0.335 e. The highest BCUT2D eigenvalue weighted by Crippen LogP contribution is 2.31. The molecule has 0 atom stereocenters. The molecule has 20 heavy (non-hydrogen) atoms. The second-order valence-corrected chi connectivity index (χ2v) is 6.31. The number of carbonyl (C=O) groups excluding carboxylic acids is 1. The summed E-state index contributed by atoms with van der Waals surface area (Å²) in [5.41, 5.74) is 1.54. The van der Waals surface area contributed by atoms with Gasteiger partial charge in [0.1, 0.15) is 4.34 Å². The molecular formula is C13H9Cl2NO3S. The van der Waals surface area contributed by atoms with Crippen LogP contribution in [0.4, 0.5) is 5.69 Å². The van der Waals surface area contributed by atoms with Crippen LogP contribution in [0.3, 0.4) is 0 Å². The number of amides is 1. The Morgan fingerprint density at radius 2 is 1.90 bits per heavy atom. The zero-order chi connectivity index (χ0) is 14.9. The minimum atomic E-state index is -1.01. The van der Waals surface area contributed by atoms with E-state index in [9.17, 15) is 9.59 Å². The highest BCUT2D eigenvalue weighted by atomic mass is 35.5. The van der Waals surface area contributed by atoms with Gasteiger partial charge in [0.25, 0.3) is 5.91 Å². The van der Waals surface area contributed by atoms with Gasteiger partial charge in [-0.05, 0) is 36.8 Å². The maximum Gasteiger partial charge on any atom is 0.335 e. The van der Waals surface area contributed by atoms with Crippen LogP contribution in [-0.4, -0.2) is 17.0 Å². The quantitative estimate of drug-likeness (QED) is 0.881. The molecule has 2 aromatic rings. The number of benzene rings is 1. The third-order valence-electron chi connectivity index (χ3n) is 2.62. The topological polar surface area (TPSA) is 66.4 Å². The van der Waals surface area contributed by atoms with Gasteiger partial charge in [0.15, 0.2) is 0 Å². The maximum absolute atomic E-state index is 12.0. The maximum atomic E-state index is 12.0. The van der Waals surface area contributed by atoms with Crippen molar-refractivity contribution < 1.29 is 14.7 Å². The van der Waals surface area contributed by atoms with Crippen LogP contribution < -0.4 is 5.32 Å². The molecule has 7 heteroatoms. The summed E-state index contributed by atoms with van der Waals surface area (Å²) in [6.07, 6.45) is 0. The second kappa shape index (κ2) is 5.83. The normalized spacial score (nSPS) is 10.3. The van der Waals surface area contributed by atoms with E-state index in [0.717, 1.165) is 11.3 Å². The zero-order valence-corrected chi connectivity index (χ0v) is 12.6. The summed E-state index contributed by atoms with van der Waals surface area (Å²) in [4.78, 5) is 22.9. The van der Waals surface area contributed by atoms with Gasteiger partial charge in [-0.25, -0.2) is 4.79 Å². The van der Waals surface area contributed by atoms with E-state index in [4.69, 9.17) is 28.3 Å². The van der Waals surface area contributed by atoms with Crippen molar-refractivity contribution in [1.82, 2.24) is 0 Å². The average Bonchev–Trinajstić information content (AvgIpc) is 2.68. The van der Waals surface area contributed by atoms with E-state index >= 15 is 0 Å². The van der Waals surface area contributed by atoms with Crippen LogP contribution in [0.1, 0.15) is 26.3 Å². The molecule has 0 bridgehead atoms. The molecule has 0 fully saturated rings. The number of thiophene rings is 1. The Kier molecular flexibility index (Phi) is 4.32. The first-order valence-corrected chi connectivity index (χ1v) is 7.06. The largest absolute Gasteiger partial charge is 0.478 e. The number of halogens is 2. The lowest BCUT2D eigenvalue weighted by atomic mass is 10.1. The molecule has 2 N–H and O–H groups in total. The van der Waals surface area contributed by atoms with E-state index < -0.39 is 5.97 Å². The Morgan fingerprint density at radius 3 is 2.40 bits per heavy atom. The lowest BCUT2D eigenvalue weighted by molar-refractivity contribution is 0.0696. The molecule has 4 nitrogen and oxygen atoms in total. The molecule has 0 unspecified atom stereocenters. The summed E-state index contributed by atoms with van der Waals surface area (Å²) in [5, 5.41) is 11.6. The van der Waals surface area contributed by atoms with E-state index in [1.165, 1.54) is 18.2 Å². The average molecular weight is 330 g/mol. The lowest BCUT2D eigenvalue weighted by Crippen LogP contribution is -2.12. The third-order valence-corrected chi connectivity index (χ3v) is 4.10. The molecule has 104 valence electrons. The fourth-order valence-corrected chi connectivity index (χ4v) is 3.13. The lowest BCUT2D eigenvalue weighted by Gasteiger charge is -2.07. The van der Waals surface area contributed by atoms with Gasteiger partial charge in [-0.3, -0.25) is 4.79 Å². The van der Waals surface area contributed by atoms with Gasteiger partial charge >= 0.3 is 5.97 Å². The van der Waals surface area contributed by atoms with Crippen LogP contribution in [0.2, 0.25) is 8.67 Å². The van der Waals surface area contributed by atoms with Crippen LogP contribution in [0.15, 0.2) is 24.3 Å². The van der Waals surface area contributed by atoms with Gasteiger partial charge in [0.05, 0.1) is 15.5 Å². The molecule has 1 amide bonds. The number of aryl methyl sites for hydroxylation is 1. The predicted molar refractivity (Wildman–Crippen MR) is 80.4 cm³/mol. The van der Waals surface area contributed by atoms with Crippen molar-refractivity contribution in [3.05, 3.63) is 49.6 Å². The summed E-state index contributed by atoms with van der Waals surface area (Å²) in [6.45, 7) is 1.66. The Balaban J connectivity index is 2.22. The monoisotopic (exact) mass is 329 g/mol. The summed E-state index contributed by atoms with van der Waals surface area (Å²) in [7, 11) is 0. The first-order valence-electron chi connectivity index (χ1n) is 5.48. The molecule has 0 spiro atoms. The highest BCUT2D eigenvalue weighted by Gasteiger charge is 2.15. The van der Waals surface area contributed by atoms with Crippen molar-refractivity contribution in [1.29, 1.82) is 0 Å². The van der Waals surface area contributed by atoms with E-state index in [0.29, 0.717) is 25.5 Å². The summed E-state index contributed by atoms with van der Waals surface area (Å²) in [6, 6.07) is 6.04. The molecule has 0 aliphatic rings. The summed E-state index contributed by atoms with van der Waals surface area (Å²) in [5.74, 6) is -1.39. The molecule has 0 saturated heterocycles. The van der Waals surface area contributed by atoms with Gasteiger partial charge in [0, 0.05) is 5.69 Å². The van der Waals surface area contributed by atoms with Crippen molar-refractivity contribution in [2.24, 2.45) is 0 Å². The Labute approximate surface area is 128 Å². The predicted octanol–water partition coefficient (Wildman–Crippen LogP) is 4.31. The fraction of sp³-hybridized carbons (Fsp3) is 0.0769. The minimum absolute atomic E-state index is 0.194.